The van der Waals surface area contributed by atoms with Crippen molar-refractivity contribution in [2.45, 2.75) is 55.6 Å². The first-order valence-corrected chi connectivity index (χ1v) is 12.0. The molecule has 0 radical (unpaired) electrons. The van der Waals surface area contributed by atoms with Crippen molar-refractivity contribution in [2.24, 2.45) is 0 Å². The van der Waals surface area contributed by atoms with Crippen LogP contribution in [0.1, 0.15) is 43.0 Å². The van der Waals surface area contributed by atoms with E-state index in [1.165, 1.54) is 18.3 Å². The SMILES string of the molecule is CCOC(=O)c1c[nH]c2c(=O)[nH]c3ccc(S(=O)(=O)NC4CC5CCC(C4)N5)cc3c12. The van der Waals surface area contributed by atoms with Gasteiger partial charge in [-0.15, -0.1) is 0 Å². The summed E-state index contributed by atoms with van der Waals surface area (Å²) in [4.78, 5) is 30.5. The Morgan fingerprint density at radius 3 is 2.68 bits per heavy atom. The van der Waals surface area contributed by atoms with Crippen molar-refractivity contribution in [3.63, 3.8) is 0 Å². The lowest BCUT2D eigenvalue weighted by molar-refractivity contribution is 0.0529. The molecule has 2 atom stereocenters. The molecular weight excluding hydrogens is 420 g/mol. The lowest BCUT2D eigenvalue weighted by Gasteiger charge is -2.29. The third-order valence-corrected chi connectivity index (χ3v) is 7.73. The zero-order valence-electron chi connectivity index (χ0n) is 17.0. The average Bonchev–Trinajstić information content (AvgIpc) is 3.32. The normalized spacial score (nSPS) is 23.5. The Hall–Kier alpha value is -2.69. The van der Waals surface area contributed by atoms with Crippen LogP contribution in [0.25, 0.3) is 21.8 Å². The molecule has 4 heterocycles. The minimum absolute atomic E-state index is 0.0928. The van der Waals surface area contributed by atoms with Gasteiger partial charge in [0.25, 0.3) is 5.56 Å². The third kappa shape index (κ3) is 3.54. The lowest BCUT2D eigenvalue weighted by Crippen LogP contribution is -2.47. The minimum Gasteiger partial charge on any atom is -0.462 e. The molecule has 2 saturated heterocycles. The van der Waals surface area contributed by atoms with Crippen LogP contribution in [0.3, 0.4) is 0 Å². The summed E-state index contributed by atoms with van der Waals surface area (Å²) in [5.74, 6) is -0.572. The molecular formula is C21H24N4O5S. The van der Waals surface area contributed by atoms with E-state index in [9.17, 15) is 18.0 Å². The lowest BCUT2D eigenvalue weighted by atomic mass is 10.0. The fraction of sp³-hybridized carbons (Fsp3) is 0.429. The number of nitrogens with one attached hydrogen (secondary N) is 4. The summed E-state index contributed by atoms with van der Waals surface area (Å²) in [6, 6.07) is 5.14. The van der Waals surface area contributed by atoms with Crippen LogP contribution in [0.4, 0.5) is 0 Å². The molecule has 0 saturated carbocycles. The van der Waals surface area contributed by atoms with Crippen LogP contribution in [-0.4, -0.2) is 49.1 Å². The van der Waals surface area contributed by atoms with E-state index < -0.39 is 21.6 Å². The maximum atomic E-state index is 13.1. The van der Waals surface area contributed by atoms with E-state index in [0.29, 0.717) is 28.4 Å². The van der Waals surface area contributed by atoms with Gasteiger partial charge in [0.15, 0.2) is 0 Å². The molecule has 4 N–H and O–H groups in total. The third-order valence-electron chi connectivity index (χ3n) is 6.22. The van der Waals surface area contributed by atoms with Gasteiger partial charge in [0.2, 0.25) is 10.0 Å². The van der Waals surface area contributed by atoms with Gasteiger partial charge in [-0.3, -0.25) is 4.79 Å². The van der Waals surface area contributed by atoms with E-state index in [2.05, 4.69) is 20.0 Å². The number of hydrogen-bond donors (Lipinski definition) is 4. The van der Waals surface area contributed by atoms with E-state index >= 15 is 0 Å². The summed E-state index contributed by atoms with van der Waals surface area (Å²) in [6.07, 6.45) is 5.11. The minimum atomic E-state index is -3.77. The molecule has 3 aromatic rings. The van der Waals surface area contributed by atoms with Crippen LogP contribution < -0.4 is 15.6 Å². The summed E-state index contributed by atoms with van der Waals surface area (Å²) in [6.45, 7) is 1.88. The summed E-state index contributed by atoms with van der Waals surface area (Å²) < 4.78 is 34.2. The molecule has 5 rings (SSSR count). The van der Waals surface area contributed by atoms with Gasteiger partial charge in [-0.25, -0.2) is 17.9 Å². The van der Waals surface area contributed by atoms with Gasteiger partial charge in [0.1, 0.15) is 5.52 Å². The highest BCUT2D eigenvalue weighted by Crippen LogP contribution is 2.30. The number of piperidine rings is 1. The fourth-order valence-corrected chi connectivity index (χ4v) is 6.17. The number of carbonyl (C=O) groups is 1. The second-order valence-corrected chi connectivity index (χ2v) is 9.98. The number of carbonyl (C=O) groups excluding carboxylic acids is 1. The Bertz CT molecular complexity index is 1330. The quantitative estimate of drug-likeness (QED) is 0.443. The zero-order valence-corrected chi connectivity index (χ0v) is 17.8. The Morgan fingerprint density at radius 2 is 1.97 bits per heavy atom. The number of aromatic amines is 2. The van der Waals surface area contributed by atoms with Crippen LogP contribution in [0.15, 0.2) is 34.1 Å². The maximum Gasteiger partial charge on any atom is 0.340 e. The van der Waals surface area contributed by atoms with E-state index in [1.54, 1.807) is 13.0 Å². The van der Waals surface area contributed by atoms with Crippen molar-refractivity contribution in [2.75, 3.05) is 6.61 Å². The smallest absolute Gasteiger partial charge is 0.340 e. The van der Waals surface area contributed by atoms with E-state index in [4.69, 9.17) is 4.74 Å². The van der Waals surface area contributed by atoms with Crippen molar-refractivity contribution in [1.82, 2.24) is 20.0 Å². The summed E-state index contributed by atoms with van der Waals surface area (Å²) in [7, 11) is -3.77. The molecule has 0 amide bonds. The Kier molecular flexibility index (Phi) is 4.87. The Morgan fingerprint density at radius 1 is 1.23 bits per heavy atom. The van der Waals surface area contributed by atoms with Crippen molar-refractivity contribution in [3.8, 4) is 0 Å². The highest BCUT2D eigenvalue weighted by atomic mass is 32.2. The first-order chi connectivity index (χ1) is 14.9. The van der Waals surface area contributed by atoms with E-state index in [-0.39, 0.29) is 28.6 Å². The number of ether oxygens (including phenoxy) is 1. The molecule has 31 heavy (non-hydrogen) atoms. The number of fused-ring (bicyclic) bond motifs is 5. The Balaban J connectivity index is 1.58. The Labute approximate surface area is 178 Å². The van der Waals surface area contributed by atoms with E-state index in [1.807, 2.05) is 0 Å². The molecule has 2 aliphatic rings. The summed E-state index contributed by atoms with van der Waals surface area (Å²) in [5, 5.41) is 4.32. The van der Waals surface area contributed by atoms with E-state index in [0.717, 1.165) is 25.7 Å². The molecule has 10 heteroatoms. The van der Waals surface area contributed by atoms with Gasteiger partial charge in [0, 0.05) is 40.6 Å². The average molecular weight is 445 g/mol. The number of hydrogen-bond acceptors (Lipinski definition) is 6. The molecule has 2 unspecified atom stereocenters. The summed E-state index contributed by atoms with van der Waals surface area (Å²) in [5.41, 5.74) is 0.455. The van der Waals surface area contributed by atoms with Gasteiger partial charge in [0.05, 0.1) is 17.1 Å². The van der Waals surface area contributed by atoms with Crippen LogP contribution in [-0.2, 0) is 14.8 Å². The molecule has 9 nitrogen and oxygen atoms in total. The molecule has 2 aromatic heterocycles. The monoisotopic (exact) mass is 444 g/mol. The number of esters is 1. The van der Waals surface area contributed by atoms with Gasteiger partial charge >= 0.3 is 5.97 Å². The fourth-order valence-electron chi connectivity index (χ4n) is 4.88. The molecule has 164 valence electrons. The molecule has 2 aliphatic heterocycles. The maximum absolute atomic E-state index is 13.1. The zero-order chi connectivity index (χ0) is 21.8. The summed E-state index contributed by atoms with van der Waals surface area (Å²) >= 11 is 0. The van der Waals surface area contributed by atoms with Gasteiger partial charge < -0.3 is 20.0 Å². The van der Waals surface area contributed by atoms with Gasteiger partial charge in [-0.05, 0) is 50.8 Å². The molecule has 1 aromatic carbocycles. The highest BCUT2D eigenvalue weighted by Gasteiger charge is 2.35. The second-order valence-electron chi connectivity index (χ2n) is 8.26. The van der Waals surface area contributed by atoms with Crippen LogP contribution in [0.5, 0.6) is 0 Å². The van der Waals surface area contributed by atoms with Crippen molar-refractivity contribution < 1.29 is 17.9 Å². The number of pyridine rings is 1. The van der Waals surface area contributed by atoms with Gasteiger partial charge in [-0.1, -0.05) is 0 Å². The highest BCUT2D eigenvalue weighted by molar-refractivity contribution is 7.89. The molecule has 2 bridgehead atoms. The van der Waals surface area contributed by atoms with Crippen molar-refractivity contribution >= 4 is 37.8 Å². The number of H-pyrrole nitrogens is 2. The largest absolute Gasteiger partial charge is 0.462 e. The number of sulfonamides is 1. The van der Waals surface area contributed by atoms with Gasteiger partial charge in [-0.2, -0.15) is 0 Å². The number of benzene rings is 1. The van der Waals surface area contributed by atoms with Crippen LogP contribution in [0.2, 0.25) is 0 Å². The second kappa shape index (κ2) is 7.47. The molecule has 0 spiro atoms. The molecule has 0 aliphatic carbocycles. The van der Waals surface area contributed by atoms with Crippen molar-refractivity contribution in [3.05, 3.63) is 40.3 Å². The predicted octanol–water partition coefficient (Wildman–Crippen LogP) is 1.75. The van der Waals surface area contributed by atoms with Crippen molar-refractivity contribution in [1.29, 1.82) is 0 Å². The predicted molar refractivity (Wildman–Crippen MR) is 116 cm³/mol. The first-order valence-electron chi connectivity index (χ1n) is 10.5. The number of rotatable bonds is 5. The topological polar surface area (TPSA) is 133 Å². The van der Waals surface area contributed by atoms with Crippen LogP contribution in [0, 0.1) is 0 Å². The number of aromatic nitrogens is 2. The van der Waals surface area contributed by atoms with Crippen LogP contribution >= 0.6 is 0 Å². The first kappa shape index (κ1) is 20.2. The molecule has 2 fully saturated rings. The standard InChI is InChI=1S/C21H24N4O5S/c1-2-30-21(27)16-10-22-19-18(16)15-9-14(5-6-17(15)24-20(19)26)31(28,29)25-13-7-11-3-4-12(8-13)23-11/h5-6,9-13,22-23,25H,2-4,7-8H2,1H3,(H,24,26).